The number of methoxy groups -OCH3 is 4. The summed E-state index contributed by atoms with van der Waals surface area (Å²) in [5.41, 5.74) is 2.03. The fraction of sp³-hybridized carbons (Fsp3) is 0.714. The SMILES string of the molecule is COc1ccc(C(O)COC2CCCCC2N2CC[C@@H](C)C2)cc1OC.COc1ccc(CCOC2CCCCC2N2CC[C@@H](C)C2)cc1OC. The van der Waals surface area contributed by atoms with Crippen molar-refractivity contribution < 1.29 is 33.5 Å². The van der Waals surface area contributed by atoms with Crippen LogP contribution in [0.4, 0.5) is 0 Å². The van der Waals surface area contributed by atoms with E-state index in [2.05, 4.69) is 35.8 Å². The van der Waals surface area contributed by atoms with Gasteiger partial charge >= 0.3 is 0 Å². The minimum Gasteiger partial charge on any atom is -0.493 e. The van der Waals surface area contributed by atoms with Gasteiger partial charge in [-0.1, -0.05) is 51.7 Å². The zero-order chi connectivity index (χ0) is 36.2. The van der Waals surface area contributed by atoms with Gasteiger partial charge in [0.05, 0.1) is 53.9 Å². The van der Waals surface area contributed by atoms with E-state index in [1.165, 1.54) is 89.5 Å². The van der Waals surface area contributed by atoms with Crippen molar-refractivity contribution in [3.05, 3.63) is 47.5 Å². The van der Waals surface area contributed by atoms with Crippen molar-refractivity contribution in [2.24, 2.45) is 11.8 Å². The fourth-order valence-electron chi connectivity index (χ4n) is 8.65. The summed E-state index contributed by atoms with van der Waals surface area (Å²) in [5.74, 6) is 4.50. The largest absolute Gasteiger partial charge is 0.493 e. The zero-order valence-electron chi connectivity index (χ0n) is 32.3. The predicted molar refractivity (Wildman–Crippen MR) is 202 cm³/mol. The molecule has 6 rings (SSSR count). The molecule has 2 aromatic carbocycles. The Morgan fingerprint density at radius 2 is 1.14 bits per heavy atom. The lowest BCUT2D eigenvalue weighted by Gasteiger charge is -2.38. The molecule has 2 saturated carbocycles. The first kappa shape index (κ1) is 39.6. The van der Waals surface area contributed by atoms with Crippen LogP contribution in [0.1, 0.15) is 95.3 Å². The maximum Gasteiger partial charge on any atom is 0.161 e. The normalized spacial score (nSPS) is 27.7. The quantitative estimate of drug-likeness (QED) is 0.217. The van der Waals surface area contributed by atoms with Gasteiger partial charge in [0, 0.05) is 25.2 Å². The van der Waals surface area contributed by atoms with Crippen molar-refractivity contribution in [1.82, 2.24) is 9.80 Å². The number of hydrogen-bond donors (Lipinski definition) is 1. The van der Waals surface area contributed by atoms with Gasteiger partial charge in [-0.05, 0) is 105 Å². The third-order valence-corrected chi connectivity index (χ3v) is 11.6. The van der Waals surface area contributed by atoms with E-state index in [0.717, 1.165) is 48.3 Å². The number of aliphatic hydroxyl groups is 1. The van der Waals surface area contributed by atoms with E-state index >= 15 is 0 Å². The molecule has 2 aromatic rings. The highest BCUT2D eigenvalue weighted by Gasteiger charge is 2.35. The lowest BCUT2D eigenvalue weighted by atomic mass is 9.91. The van der Waals surface area contributed by atoms with Crippen LogP contribution < -0.4 is 18.9 Å². The van der Waals surface area contributed by atoms with E-state index in [9.17, 15) is 5.11 Å². The molecule has 1 N–H and O–H groups in total. The second kappa shape index (κ2) is 20.0. The molecule has 2 aliphatic heterocycles. The molecule has 4 fully saturated rings. The number of hydrogen-bond acceptors (Lipinski definition) is 9. The minimum absolute atomic E-state index is 0.226. The fourth-order valence-corrected chi connectivity index (χ4v) is 8.65. The Kier molecular flexibility index (Phi) is 15.6. The van der Waals surface area contributed by atoms with Crippen molar-refractivity contribution in [2.45, 2.75) is 115 Å². The average molecular weight is 711 g/mol. The Bertz CT molecular complexity index is 1330. The molecule has 2 heterocycles. The first-order valence-electron chi connectivity index (χ1n) is 19.7. The van der Waals surface area contributed by atoms with Gasteiger partial charge in [0.15, 0.2) is 23.0 Å². The number of likely N-dealkylation sites (tertiary alicyclic amines) is 2. The molecule has 5 unspecified atom stereocenters. The molecule has 2 saturated heterocycles. The third kappa shape index (κ3) is 11.0. The van der Waals surface area contributed by atoms with Gasteiger partial charge in [-0.15, -0.1) is 0 Å². The molecule has 4 aliphatic rings. The summed E-state index contributed by atoms with van der Waals surface area (Å²) in [7, 11) is 6.57. The van der Waals surface area contributed by atoms with Crippen LogP contribution in [0, 0.1) is 11.8 Å². The Morgan fingerprint density at radius 1 is 0.627 bits per heavy atom. The van der Waals surface area contributed by atoms with Gasteiger partial charge in [-0.2, -0.15) is 0 Å². The van der Waals surface area contributed by atoms with E-state index in [0.29, 0.717) is 36.3 Å². The average Bonchev–Trinajstić information content (AvgIpc) is 3.81. The van der Waals surface area contributed by atoms with Crippen LogP contribution in [-0.4, -0.2) is 107 Å². The van der Waals surface area contributed by atoms with Crippen LogP contribution in [0.2, 0.25) is 0 Å². The summed E-state index contributed by atoms with van der Waals surface area (Å²) >= 11 is 0. The van der Waals surface area contributed by atoms with Crippen molar-refractivity contribution >= 4 is 0 Å². The summed E-state index contributed by atoms with van der Waals surface area (Å²) in [6, 6.07) is 12.8. The van der Waals surface area contributed by atoms with Crippen LogP contribution >= 0.6 is 0 Å². The highest BCUT2D eigenvalue weighted by Crippen LogP contribution is 2.34. The first-order valence-corrected chi connectivity index (χ1v) is 19.7. The highest BCUT2D eigenvalue weighted by atomic mass is 16.5. The molecule has 0 radical (unpaired) electrons. The summed E-state index contributed by atoms with van der Waals surface area (Å²) in [6.07, 6.45) is 13.5. The Balaban J connectivity index is 0.000000198. The Morgan fingerprint density at radius 3 is 1.67 bits per heavy atom. The predicted octanol–water partition coefficient (Wildman–Crippen LogP) is 7.32. The molecule has 0 spiro atoms. The molecular formula is C42H66N2O7. The summed E-state index contributed by atoms with van der Waals surface area (Å²) in [5, 5.41) is 10.6. The molecule has 7 atom stereocenters. The molecule has 9 nitrogen and oxygen atoms in total. The molecular weight excluding hydrogens is 644 g/mol. The van der Waals surface area contributed by atoms with E-state index in [4.69, 9.17) is 28.4 Å². The van der Waals surface area contributed by atoms with Gasteiger partial charge in [0.1, 0.15) is 6.10 Å². The second-order valence-electron chi connectivity index (χ2n) is 15.3. The maximum atomic E-state index is 10.6. The minimum atomic E-state index is -0.658. The molecule has 9 heteroatoms. The van der Waals surface area contributed by atoms with Crippen molar-refractivity contribution in [3.8, 4) is 23.0 Å². The number of aliphatic hydroxyl groups excluding tert-OH is 1. The number of benzene rings is 2. The van der Waals surface area contributed by atoms with Crippen LogP contribution in [-0.2, 0) is 15.9 Å². The number of ether oxygens (including phenoxy) is 6. The van der Waals surface area contributed by atoms with Gasteiger partial charge in [0.2, 0.25) is 0 Å². The van der Waals surface area contributed by atoms with Crippen molar-refractivity contribution in [2.75, 3.05) is 67.8 Å². The van der Waals surface area contributed by atoms with E-state index in [1.54, 1.807) is 28.4 Å². The molecule has 0 aromatic heterocycles. The van der Waals surface area contributed by atoms with E-state index in [-0.39, 0.29) is 6.10 Å². The zero-order valence-corrected chi connectivity index (χ0v) is 32.3. The van der Waals surface area contributed by atoms with Gasteiger partial charge in [0.25, 0.3) is 0 Å². The molecule has 2 aliphatic carbocycles. The number of rotatable bonds is 14. The summed E-state index contributed by atoms with van der Waals surface area (Å²) in [6.45, 7) is 10.7. The smallest absolute Gasteiger partial charge is 0.161 e. The molecule has 286 valence electrons. The van der Waals surface area contributed by atoms with Gasteiger partial charge < -0.3 is 33.5 Å². The molecule has 0 amide bonds. The van der Waals surface area contributed by atoms with Crippen LogP contribution in [0.3, 0.4) is 0 Å². The Labute approximate surface area is 307 Å². The lowest BCUT2D eigenvalue weighted by Crippen LogP contribution is -2.46. The highest BCUT2D eigenvalue weighted by molar-refractivity contribution is 5.44. The van der Waals surface area contributed by atoms with Gasteiger partial charge in [-0.3, -0.25) is 9.80 Å². The van der Waals surface area contributed by atoms with Crippen LogP contribution in [0.25, 0.3) is 0 Å². The second-order valence-corrected chi connectivity index (χ2v) is 15.3. The first-order chi connectivity index (χ1) is 24.8. The molecule has 0 bridgehead atoms. The maximum absolute atomic E-state index is 10.6. The standard InChI is InChI=1S/C21H33NO4.C21H33NO3/c1-15-10-11-22(13-15)17-6-4-5-7-19(17)26-14-18(23)16-8-9-20(24-2)21(12-16)25-3;1-16-10-12-22(15-16)18-6-4-5-7-19(18)25-13-11-17-8-9-20(23-2)21(14-17)24-3/h8-9,12,15,17-19,23H,4-7,10-11,13-14H2,1-3H3;8-9,14,16,18-19H,4-7,10-13,15H2,1-3H3/t15-,17?,18?,19?;16-,18?,19?/m11/s1. The monoisotopic (exact) mass is 710 g/mol. The summed E-state index contributed by atoms with van der Waals surface area (Å²) < 4.78 is 33.9. The number of nitrogens with zero attached hydrogens (tertiary/aromatic N) is 2. The molecule has 51 heavy (non-hydrogen) atoms. The van der Waals surface area contributed by atoms with Crippen molar-refractivity contribution in [1.29, 1.82) is 0 Å². The van der Waals surface area contributed by atoms with Crippen LogP contribution in [0.15, 0.2) is 36.4 Å². The summed E-state index contributed by atoms with van der Waals surface area (Å²) in [4.78, 5) is 5.29. The lowest BCUT2D eigenvalue weighted by molar-refractivity contribution is -0.0628. The van der Waals surface area contributed by atoms with E-state index in [1.807, 2.05) is 24.3 Å². The Hall–Kier alpha value is -2.56. The van der Waals surface area contributed by atoms with E-state index < -0.39 is 6.10 Å². The topological polar surface area (TPSA) is 82.1 Å². The van der Waals surface area contributed by atoms with Crippen molar-refractivity contribution in [3.63, 3.8) is 0 Å². The van der Waals surface area contributed by atoms with Crippen LogP contribution in [0.5, 0.6) is 23.0 Å². The van der Waals surface area contributed by atoms with Gasteiger partial charge in [-0.25, -0.2) is 0 Å². The third-order valence-electron chi connectivity index (χ3n) is 11.6.